The van der Waals surface area contributed by atoms with Crippen molar-refractivity contribution in [3.8, 4) is 0 Å². The number of rotatable bonds is 0. The van der Waals surface area contributed by atoms with Gasteiger partial charge in [-0.25, -0.2) is 0 Å². The molecule has 0 atom stereocenters. The summed E-state index contributed by atoms with van der Waals surface area (Å²) >= 11 is 0. The van der Waals surface area contributed by atoms with Crippen LogP contribution in [0.1, 0.15) is 46.0 Å². The van der Waals surface area contributed by atoms with Gasteiger partial charge in [0.2, 0.25) is 0 Å². The quantitative estimate of drug-likeness (QED) is 0.533. The summed E-state index contributed by atoms with van der Waals surface area (Å²) in [5, 5.41) is 0. The molecular formula is C8H19N. The highest BCUT2D eigenvalue weighted by Gasteiger charge is 2.06. The molecule has 0 saturated heterocycles. The third-order valence-electron chi connectivity index (χ3n) is 1.65. The Morgan fingerprint density at radius 2 is 1.44 bits per heavy atom. The van der Waals surface area contributed by atoms with Crippen LogP contribution >= 0.6 is 0 Å². The molecule has 0 unspecified atom stereocenters. The SMILES string of the molecule is CC.NC1CCCCC1. The molecule has 1 heteroatoms. The zero-order valence-corrected chi connectivity index (χ0v) is 6.69. The smallest absolute Gasteiger partial charge is 0.00388 e. The molecule has 2 N–H and O–H groups in total. The predicted octanol–water partition coefficient (Wildman–Crippen LogP) is 2.30. The van der Waals surface area contributed by atoms with Gasteiger partial charge in [-0.2, -0.15) is 0 Å². The monoisotopic (exact) mass is 129 g/mol. The van der Waals surface area contributed by atoms with Crippen LogP contribution in [0.15, 0.2) is 0 Å². The standard InChI is InChI=1S/C6H13N.C2H6/c7-6-4-2-1-3-5-6;1-2/h6H,1-5,7H2;1-2H3. The second-order valence-electron chi connectivity index (χ2n) is 2.40. The Labute approximate surface area is 58.6 Å². The molecule has 56 valence electrons. The number of nitrogens with two attached hydrogens (primary N) is 1. The molecule has 1 rings (SSSR count). The van der Waals surface area contributed by atoms with E-state index in [-0.39, 0.29) is 0 Å². The Morgan fingerprint density at radius 3 is 1.67 bits per heavy atom. The van der Waals surface area contributed by atoms with Crippen LogP contribution in [0, 0.1) is 0 Å². The highest BCUT2D eigenvalue weighted by Crippen LogP contribution is 2.14. The second-order valence-corrected chi connectivity index (χ2v) is 2.40. The summed E-state index contributed by atoms with van der Waals surface area (Å²) in [5.74, 6) is 0. The van der Waals surface area contributed by atoms with Crippen LogP contribution in [0.2, 0.25) is 0 Å². The molecule has 1 fully saturated rings. The first-order valence-electron chi connectivity index (χ1n) is 4.15. The zero-order valence-electron chi connectivity index (χ0n) is 6.69. The molecule has 0 radical (unpaired) electrons. The highest BCUT2D eigenvalue weighted by molar-refractivity contribution is 4.66. The molecule has 0 spiro atoms. The van der Waals surface area contributed by atoms with Gasteiger partial charge in [0, 0.05) is 6.04 Å². The van der Waals surface area contributed by atoms with Crippen molar-refractivity contribution < 1.29 is 0 Å². The minimum absolute atomic E-state index is 0.536. The fourth-order valence-corrected chi connectivity index (χ4v) is 1.13. The van der Waals surface area contributed by atoms with Gasteiger partial charge in [0.05, 0.1) is 0 Å². The lowest BCUT2D eigenvalue weighted by Crippen LogP contribution is -2.22. The Morgan fingerprint density at radius 1 is 1.00 bits per heavy atom. The second kappa shape index (κ2) is 6.09. The number of hydrogen-bond acceptors (Lipinski definition) is 1. The molecule has 0 aromatic rings. The van der Waals surface area contributed by atoms with E-state index in [1.54, 1.807) is 0 Å². The van der Waals surface area contributed by atoms with Gasteiger partial charge in [0.1, 0.15) is 0 Å². The molecule has 1 aliphatic rings. The minimum Gasteiger partial charge on any atom is -0.328 e. The third-order valence-corrected chi connectivity index (χ3v) is 1.65. The summed E-state index contributed by atoms with van der Waals surface area (Å²) in [6.07, 6.45) is 6.66. The molecule has 0 heterocycles. The molecule has 1 aliphatic carbocycles. The molecule has 9 heavy (non-hydrogen) atoms. The molecule has 1 nitrogen and oxygen atoms in total. The van der Waals surface area contributed by atoms with E-state index < -0.39 is 0 Å². The van der Waals surface area contributed by atoms with E-state index in [1.807, 2.05) is 13.8 Å². The van der Waals surface area contributed by atoms with Gasteiger partial charge in [0.25, 0.3) is 0 Å². The Kier molecular flexibility index (Phi) is 6.06. The van der Waals surface area contributed by atoms with Crippen molar-refractivity contribution in [2.45, 2.75) is 52.0 Å². The lowest BCUT2D eigenvalue weighted by molar-refractivity contribution is 0.441. The van der Waals surface area contributed by atoms with Gasteiger partial charge >= 0.3 is 0 Å². The van der Waals surface area contributed by atoms with Gasteiger partial charge in [-0.05, 0) is 12.8 Å². The van der Waals surface area contributed by atoms with E-state index in [0.717, 1.165) is 0 Å². The van der Waals surface area contributed by atoms with E-state index in [1.165, 1.54) is 32.1 Å². The predicted molar refractivity (Wildman–Crippen MR) is 42.4 cm³/mol. The highest BCUT2D eigenvalue weighted by atomic mass is 14.6. The Balaban J connectivity index is 0.000000291. The molecule has 0 aromatic heterocycles. The van der Waals surface area contributed by atoms with Crippen LogP contribution in [-0.4, -0.2) is 6.04 Å². The van der Waals surface area contributed by atoms with Crippen molar-refractivity contribution in [3.05, 3.63) is 0 Å². The first kappa shape index (κ1) is 8.96. The first-order valence-corrected chi connectivity index (χ1v) is 4.15. The normalized spacial score (nSPS) is 20.3. The molecular weight excluding hydrogens is 110 g/mol. The minimum atomic E-state index is 0.536. The van der Waals surface area contributed by atoms with Crippen LogP contribution < -0.4 is 5.73 Å². The molecule has 0 amide bonds. The number of hydrogen-bond donors (Lipinski definition) is 1. The van der Waals surface area contributed by atoms with E-state index in [4.69, 9.17) is 5.73 Å². The largest absolute Gasteiger partial charge is 0.328 e. The van der Waals surface area contributed by atoms with Gasteiger partial charge < -0.3 is 5.73 Å². The average Bonchev–Trinajstić information content (AvgIpc) is 1.94. The van der Waals surface area contributed by atoms with Gasteiger partial charge in [-0.1, -0.05) is 33.1 Å². The fraction of sp³-hybridized carbons (Fsp3) is 1.00. The lowest BCUT2D eigenvalue weighted by Gasteiger charge is -2.15. The summed E-state index contributed by atoms with van der Waals surface area (Å²) in [6, 6.07) is 0.536. The van der Waals surface area contributed by atoms with Crippen molar-refractivity contribution in [2.24, 2.45) is 5.73 Å². The van der Waals surface area contributed by atoms with Crippen LogP contribution in [0.5, 0.6) is 0 Å². The van der Waals surface area contributed by atoms with E-state index >= 15 is 0 Å². The average molecular weight is 129 g/mol. The first-order chi connectivity index (χ1) is 4.39. The summed E-state index contributed by atoms with van der Waals surface area (Å²) in [5.41, 5.74) is 5.63. The van der Waals surface area contributed by atoms with Crippen LogP contribution in [0.4, 0.5) is 0 Å². The maximum absolute atomic E-state index is 5.63. The zero-order chi connectivity index (χ0) is 7.11. The van der Waals surface area contributed by atoms with E-state index in [9.17, 15) is 0 Å². The van der Waals surface area contributed by atoms with Crippen LogP contribution in [0.3, 0.4) is 0 Å². The maximum atomic E-state index is 5.63. The van der Waals surface area contributed by atoms with Gasteiger partial charge in [0.15, 0.2) is 0 Å². The lowest BCUT2D eigenvalue weighted by atomic mass is 9.97. The van der Waals surface area contributed by atoms with Crippen LogP contribution in [-0.2, 0) is 0 Å². The molecule has 0 aromatic carbocycles. The summed E-state index contributed by atoms with van der Waals surface area (Å²) < 4.78 is 0. The molecule has 0 aliphatic heterocycles. The summed E-state index contributed by atoms with van der Waals surface area (Å²) in [7, 11) is 0. The van der Waals surface area contributed by atoms with Crippen molar-refractivity contribution in [3.63, 3.8) is 0 Å². The molecule has 0 bridgehead atoms. The maximum Gasteiger partial charge on any atom is 0.00388 e. The van der Waals surface area contributed by atoms with Crippen molar-refractivity contribution in [2.75, 3.05) is 0 Å². The van der Waals surface area contributed by atoms with E-state index in [2.05, 4.69) is 0 Å². The van der Waals surface area contributed by atoms with Crippen molar-refractivity contribution >= 4 is 0 Å². The topological polar surface area (TPSA) is 26.0 Å². The van der Waals surface area contributed by atoms with Gasteiger partial charge in [-0.15, -0.1) is 0 Å². The Hall–Kier alpha value is -0.0400. The van der Waals surface area contributed by atoms with Crippen molar-refractivity contribution in [1.82, 2.24) is 0 Å². The van der Waals surface area contributed by atoms with Crippen molar-refractivity contribution in [1.29, 1.82) is 0 Å². The molecule has 1 saturated carbocycles. The third kappa shape index (κ3) is 4.46. The van der Waals surface area contributed by atoms with E-state index in [0.29, 0.717) is 6.04 Å². The van der Waals surface area contributed by atoms with Crippen LogP contribution in [0.25, 0.3) is 0 Å². The Bertz CT molecular complexity index is 46.5. The van der Waals surface area contributed by atoms with Gasteiger partial charge in [-0.3, -0.25) is 0 Å². The fourth-order valence-electron chi connectivity index (χ4n) is 1.13. The summed E-state index contributed by atoms with van der Waals surface area (Å²) in [6.45, 7) is 4.00. The summed E-state index contributed by atoms with van der Waals surface area (Å²) in [4.78, 5) is 0.